The molecule has 0 spiro atoms. The first kappa shape index (κ1) is 18.3. The summed E-state index contributed by atoms with van der Waals surface area (Å²) >= 11 is 0. The number of ether oxygens (including phenoxy) is 1. The smallest absolute Gasteiger partial charge is 0.210 e. The van der Waals surface area contributed by atoms with Crippen molar-refractivity contribution in [1.82, 2.24) is 19.6 Å². The SMILES string of the molecule is Cc1c(-c2cnc(NCc3c(F)ccc4c3C(O)CO4)n3cnnc23)ccc[n+]1[O-]. The van der Waals surface area contributed by atoms with Gasteiger partial charge in [0.2, 0.25) is 5.95 Å². The van der Waals surface area contributed by atoms with Crippen LogP contribution in [0.5, 0.6) is 5.75 Å². The van der Waals surface area contributed by atoms with Crippen molar-refractivity contribution in [2.45, 2.75) is 19.6 Å². The third-order valence-electron chi connectivity index (χ3n) is 5.24. The Morgan fingerprint density at radius 2 is 2.23 bits per heavy atom. The molecule has 3 aromatic heterocycles. The van der Waals surface area contributed by atoms with Gasteiger partial charge in [-0.1, -0.05) is 0 Å². The molecule has 0 saturated carbocycles. The molecule has 1 aliphatic rings. The van der Waals surface area contributed by atoms with E-state index in [9.17, 15) is 14.7 Å². The van der Waals surface area contributed by atoms with Gasteiger partial charge in [0, 0.05) is 36.9 Å². The zero-order valence-electron chi connectivity index (χ0n) is 15.9. The van der Waals surface area contributed by atoms with Crippen LogP contribution in [0.3, 0.4) is 0 Å². The molecular formula is C20H17FN6O3. The zero-order chi connectivity index (χ0) is 20.8. The largest absolute Gasteiger partial charge is 0.618 e. The Kier molecular flexibility index (Phi) is 4.21. The van der Waals surface area contributed by atoms with Crippen LogP contribution in [0.1, 0.15) is 22.9 Å². The first-order valence-corrected chi connectivity index (χ1v) is 9.28. The first-order chi connectivity index (χ1) is 14.5. The Morgan fingerprint density at radius 3 is 3.10 bits per heavy atom. The summed E-state index contributed by atoms with van der Waals surface area (Å²) in [5.41, 5.74) is 3.12. The number of fused-ring (bicyclic) bond motifs is 2. The van der Waals surface area contributed by atoms with E-state index in [1.165, 1.54) is 24.7 Å². The van der Waals surface area contributed by atoms with Crippen LogP contribution in [0.4, 0.5) is 10.3 Å². The molecule has 2 N–H and O–H groups in total. The van der Waals surface area contributed by atoms with Crippen LogP contribution in [0.25, 0.3) is 16.8 Å². The van der Waals surface area contributed by atoms with Crippen molar-refractivity contribution < 1.29 is 19.0 Å². The molecule has 1 unspecified atom stereocenters. The summed E-state index contributed by atoms with van der Waals surface area (Å²) in [6.45, 7) is 1.90. The van der Waals surface area contributed by atoms with Crippen LogP contribution in [0, 0.1) is 17.9 Å². The third kappa shape index (κ3) is 2.80. The summed E-state index contributed by atoms with van der Waals surface area (Å²) in [6.07, 6.45) is 3.63. The molecule has 1 atom stereocenters. The molecule has 0 fully saturated rings. The van der Waals surface area contributed by atoms with Gasteiger partial charge in [0.25, 0.3) is 0 Å². The van der Waals surface area contributed by atoms with E-state index in [1.807, 2.05) is 6.07 Å². The first-order valence-electron chi connectivity index (χ1n) is 9.28. The quantitative estimate of drug-likeness (QED) is 0.392. The van der Waals surface area contributed by atoms with Gasteiger partial charge in [0.05, 0.1) is 11.1 Å². The van der Waals surface area contributed by atoms with E-state index in [1.54, 1.807) is 23.6 Å². The molecule has 152 valence electrons. The molecule has 0 saturated heterocycles. The fourth-order valence-electron chi connectivity index (χ4n) is 3.70. The number of anilines is 1. The lowest BCUT2D eigenvalue weighted by atomic mass is 10.0. The molecule has 5 rings (SSSR count). The number of aliphatic hydroxyl groups excluding tert-OH is 1. The Hall–Kier alpha value is -3.79. The van der Waals surface area contributed by atoms with Gasteiger partial charge in [-0.3, -0.25) is 4.40 Å². The van der Waals surface area contributed by atoms with Crippen LogP contribution in [-0.2, 0) is 6.54 Å². The summed E-state index contributed by atoms with van der Waals surface area (Å²) in [5.74, 6) is 0.430. The maximum atomic E-state index is 14.5. The molecule has 10 heteroatoms. The van der Waals surface area contributed by atoms with Crippen molar-refractivity contribution >= 4 is 11.6 Å². The maximum Gasteiger partial charge on any atom is 0.210 e. The Balaban J connectivity index is 1.52. The number of halogens is 1. The third-order valence-corrected chi connectivity index (χ3v) is 5.24. The number of aromatic nitrogens is 5. The summed E-state index contributed by atoms with van der Waals surface area (Å²) in [7, 11) is 0. The van der Waals surface area contributed by atoms with Gasteiger partial charge in [0.1, 0.15) is 30.6 Å². The van der Waals surface area contributed by atoms with Gasteiger partial charge in [-0.15, -0.1) is 10.2 Å². The fourth-order valence-corrected chi connectivity index (χ4v) is 3.70. The zero-order valence-corrected chi connectivity index (χ0v) is 15.9. The van der Waals surface area contributed by atoms with Gasteiger partial charge < -0.3 is 20.4 Å². The summed E-state index contributed by atoms with van der Waals surface area (Å²) in [6, 6.07) is 6.29. The molecule has 1 aliphatic heterocycles. The molecule has 0 aliphatic carbocycles. The number of nitrogens with one attached hydrogen (secondary N) is 1. The number of hydrogen-bond acceptors (Lipinski definition) is 7. The number of aliphatic hydroxyl groups is 1. The molecule has 0 radical (unpaired) electrons. The van der Waals surface area contributed by atoms with Gasteiger partial charge in [-0.05, 0) is 18.2 Å². The summed E-state index contributed by atoms with van der Waals surface area (Å²) < 4.78 is 22.2. The minimum absolute atomic E-state index is 0.0833. The highest BCUT2D eigenvalue weighted by Gasteiger charge is 2.27. The molecule has 4 heterocycles. The van der Waals surface area contributed by atoms with Crippen LogP contribution in [0.2, 0.25) is 0 Å². The van der Waals surface area contributed by atoms with Crippen molar-refractivity contribution in [2.75, 3.05) is 11.9 Å². The molecule has 0 bridgehead atoms. The van der Waals surface area contributed by atoms with Crippen molar-refractivity contribution in [3.05, 3.63) is 70.8 Å². The van der Waals surface area contributed by atoms with E-state index < -0.39 is 11.9 Å². The lowest BCUT2D eigenvalue weighted by Crippen LogP contribution is -2.29. The predicted octanol–water partition coefficient (Wildman–Crippen LogP) is 1.91. The minimum Gasteiger partial charge on any atom is -0.618 e. The van der Waals surface area contributed by atoms with Crippen molar-refractivity contribution in [1.29, 1.82) is 0 Å². The van der Waals surface area contributed by atoms with Crippen molar-refractivity contribution in [2.24, 2.45) is 0 Å². The molecular weight excluding hydrogens is 391 g/mol. The molecule has 30 heavy (non-hydrogen) atoms. The number of nitrogens with zero attached hydrogens (tertiary/aromatic N) is 5. The van der Waals surface area contributed by atoms with Crippen LogP contribution < -0.4 is 14.8 Å². The molecule has 9 nitrogen and oxygen atoms in total. The fraction of sp³-hybridized carbons (Fsp3) is 0.200. The highest BCUT2D eigenvalue weighted by atomic mass is 19.1. The highest BCUT2D eigenvalue weighted by molar-refractivity contribution is 5.78. The van der Waals surface area contributed by atoms with Gasteiger partial charge in [0.15, 0.2) is 17.5 Å². The second-order valence-corrected chi connectivity index (χ2v) is 6.97. The van der Waals surface area contributed by atoms with E-state index in [4.69, 9.17) is 4.74 Å². The van der Waals surface area contributed by atoms with Crippen molar-refractivity contribution in [3.63, 3.8) is 0 Å². The van der Waals surface area contributed by atoms with E-state index in [0.717, 1.165) is 4.73 Å². The van der Waals surface area contributed by atoms with Gasteiger partial charge in [-0.2, -0.15) is 4.73 Å². The van der Waals surface area contributed by atoms with Crippen LogP contribution >= 0.6 is 0 Å². The Bertz CT molecular complexity index is 1280. The molecule has 0 amide bonds. The van der Waals surface area contributed by atoms with E-state index >= 15 is 0 Å². The second kappa shape index (κ2) is 6.92. The normalized spacial score (nSPS) is 15.2. The van der Waals surface area contributed by atoms with E-state index in [-0.39, 0.29) is 13.2 Å². The van der Waals surface area contributed by atoms with Gasteiger partial charge >= 0.3 is 0 Å². The van der Waals surface area contributed by atoms with Gasteiger partial charge in [-0.25, -0.2) is 9.37 Å². The molecule has 1 aromatic carbocycles. The van der Waals surface area contributed by atoms with Crippen LogP contribution in [-0.4, -0.2) is 31.3 Å². The predicted molar refractivity (Wildman–Crippen MR) is 104 cm³/mol. The van der Waals surface area contributed by atoms with E-state index in [0.29, 0.717) is 45.3 Å². The lowest BCUT2D eigenvalue weighted by molar-refractivity contribution is -0.611. The molecule has 4 aromatic rings. The topological polar surface area (TPSA) is 112 Å². The summed E-state index contributed by atoms with van der Waals surface area (Å²) in [4.78, 5) is 4.43. The summed E-state index contributed by atoms with van der Waals surface area (Å²) in [5, 5.41) is 33.3. The monoisotopic (exact) mass is 408 g/mol. The second-order valence-electron chi connectivity index (χ2n) is 6.97. The number of rotatable bonds is 4. The lowest BCUT2D eigenvalue weighted by Gasteiger charge is -2.14. The number of hydrogen-bond donors (Lipinski definition) is 2. The average molecular weight is 408 g/mol. The minimum atomic E-state index is -0.877. The number of pyridine rings is 1. The average Bonchev–Trinajstić information content (AvgIpc) is 3.37. The van der Waals surface area contributed by atoms with Crippen LogP contribution in [0.15, 0.2) is 43.0 Å². The Labute approximate surface area is 170 Å². The highest BCUT2D eigenvalue weighted by Crippen LogP contribution is 2.36. The Morgan fingerprint density at radius 1 is 1.37 bits per heavy atom. The van der Waals surface area contributed by atoms with E-state index in [2.05, 4.69) is 20.5 Å². The number of benzene rings is 1. The maximum absolute atomic E-state index is 14.5. The standard InChI is InChI=1S/C20H17FN6O3/c1-11-12(3-2-6-27(11)29)13-7-22-20(26-10-24-25-19(13)26)23-8-14-15(21)4-5-17-18(14)16(28)9-30-17/h2-7,10,16,28H,8-9H2,1H3,(H,22,23). The van der Waals surface area contributed by atoms with Crippen molar-refractivity contribution in [3.8, 4) is 16.9 Å².